The second-order valence-electron chi connectivity index (χ2n) is 3.23. The largest absolute Gasteiger partial charge is 0.227 e. The summed E-state index contributed by atoms with van der Waals surface area (Å²) < 4.78 is 38.1. The van der Waals surface area contributed by atoms with Gasteiger partial charge in [0.1, 0.15) is 5.82 Å². The predicted octanol–water partition coefficient (Wildman–Crippen LogP) is 1.16. The van der Waals surface area contributed by atoms with E-state index in [0.29, 0.717) is 0 Å². The van der Waals surface area contributed by atoms with Gasteiger partial charge in [-0.05, 0) is 13.0 Å². The highest BCUT2D eigenvalue weighted by Gasteiger charge is 2.19. The van der Waals surface area contributed by atoms with Crippen LogP contribution >= 0.6 is 0 Å². The fourth-order valence-electron chi connectivity index (χ4n) is 1.01. The first-order valence-corrected chi connectivity index (χ1v) is 6.13. The maximum Gasteiger partial charge on any atom is 0.227 e. The van der Waals surface area contributed by atoms with Gasteiger partial charge in [-0.2, -0.15) is 5.26 Å². The van der Waals surface area contributed by atoms with Gasteiger partial charge in [0.2, 0.25) is 10.0 Å². The Bertz CT molecular complexity index is 508. The molecule has 0 amide bonds. The summed E-state index contributed by atoms with van der Waals surface area (Å²) in [5.74, 6) is -0.477. The molecule has 0 fully saturated rings. The zero-order chi connectivity index (χ0) is 12.2. The SMILES string of the molecule is CC(C#N)S(=O)(=O)NCc1ccccc1F. The van der Waals surface area contributed by atoms with E-state index in [4.69, 9.17) is 5.26 Å². The second-order valence-corrected chi connectivity index (χ2v) is 5.31. The number of hydrogen-bond acceptors (Lipinski definition) is 3. The first-order valence-electron chi connectivity index (χ1n) is 4.59. The van der Waals surface area contributed by atoms with Crippen LogP contribution in [0.25, 0.3) is 0 Å². The number of benzene rings is 1. The number of halogens is 1. The van der Waals surface area contributed by atoms with Crippen LogP contribution in [0.1, 0.15) is 12.5 Å². The van der Waals surface area contributed by atoms with Crippen molar-refractivity contribution in [2.75, 3.05) is 0 Å². The van der Waals surface area contributed by atoms with E-state index in [0.717, 1.165) is 0 Å². The lowest BCUT2D eigenvalue weighted by Gasteiger charge is -2.08. The lowest BCUT2D eigenvalue weighted by molar-refractivity contribution is 0.570. The van der Waals surface area contributed by atoms with Crippen molar-refractivity contribution in [3.63, 3.8) is 0 Å². The average Bonchev–Trinajstić information content (AvgIpc) is 2.27. The Morgan fingerprint density at radius 3 is 2.69 bits per heavy atom. The van der Waals surface area contributed by atoms with Gasteiger partial charge in [-0.15, -0.1) is 0 Å². The van der Waals surface area contributed by atoms with Crippen LogP contribution in [0.15, 0.2) is 24.3 Å². The molecule has 1 N–H and O–H groups in total. The molecule has 0 saturated heterocycles. The summed E-state index contributed by atoms with van der Waals surface area (Å²) in [6.07, 6.45) is 0. The van der Waals surface area contributed by atoms with Crippen LogP contribution in [0.3, 0.4) is 0 Å². The van der Waals surface area contributed by atoms with Crippen molar-refractivity contribution in [2.24, 2.45) is 0 Å². The minimum absolute atomic E-state index is 0.152. The van der Waals surface area contributed by atoms with Crippen LogP contribution in [-0.4, -0.2) is 13.7 Å². The van der Waals surface area contributed by atoms with Crippen LogP contribution in [0, 0.1) is 17.1 Å². The summed E-state index contributed by atoms with van der Waals surface area (Å²) in [6.45, 7) is 1.12. The maximum absolute atomic E-state index is 13.1. The number of nitriles is 1. The van der Waals surface area contributed by atoms with Gasteiger partial charge < -0.3 is 0 Å². The van der Waals surface area contributed by atoms with Crippen LogP contribution in [0.2, 0.25) is 0 Å². The molecule has 6 heteroatoms. The van der Waals surface area contributed by atoms with Gasteiger partial charge in [0, 0.05) is 12.1 Å². The van der Waals surface area contributed by atoms with E-state index in [1.165, 1.54) is 25.1 Å². The van der Waals surface area contributed by atoms with Crippen LogP contribution < -0.4 is 4.72 Å². The molecule has 1 atom stereocenters. The Morgan fingerprint density at radius 1 is 1.50 bits per heavy atom. The lowest BCUT2D eigenvalue weighted by atomic mass is 10.2. The summed E-state index contributed by atoms with van der Waals surface area (Å²) in [5, 5.41) is 7.33. The number of rotatable bonds is 4. The van der Waals surface area contributed by atoms with Gasteiger partial charge in [-0.1, -0.05) is 18.2 Å². The van der Waals surface area contributed by atoms with Gasteiger partial charge in [0.05, 0.1) is 6.07 Å². The first kappa shape index (κ1) is 12.6. The monoisotopic (exact) mass is 242 g/mol. The van der Waals surface area contributed by atoms with Gasteiger partial charge in [-0.25, -0.2) is 17.5 Å². The molecule has 1 aromatic rings. The van der Waals surface area contributed by atoms with Crippen LogP contribution in [0.4, 0.5) is 4.39 Å². The summed E-state index contributed by atoms with van der Waals surface area (Å²) in [5.41, 5.74) is 0.246. The molecule has 0 aliphatic carbocycles. The first-order chi connectivity index (χ1) is 7.47. The molecule has 0 aromatic heterocycles. The molecule has 1 unspecified atom stereocenters. The van der Waals surface area contributed by atoms with E-state index in [-0.39, 0.29) is 12.1 Å². The average molecular weight is 242 g/mol. The molecule has 4 nitrogen and oxygen atoms in total. The van der Waals surface area contributed by atoms with Gasteiger partial charge in [-0.3, -0.25) is 0 Å². The molecule has 0 spiro atoms. The molecule has 1 rings (SSSR count). The van der Waals surface area contributed by atoms with Crippen molar-refractivity contribution >= 4 is 10.0 Å². The Morgan fingerprint density at radius 2 is 2.12 bits per heavy atom. The van der Waals surface area contributed by atoms with Gasteiger partial charge in [0.15, 0.2) is 5.25 Å². The molecule has 0 radical (unpaired) electrons. The third kappa shape index (κ3) is 3.02. The summed E-state index contributed by atoms with van der Waals surface area (Å²) in [7, 11) is -3.70. The minimum Gasteiger partial charge on any atom is -0.211 e. The Kier molecular flexibility index (Phi) is 3.99. The van der Waals surface area contributed by atoms with Crippen molar-refractivity contribution < 1.29 is 12.8 Å². The second kappa shape index (κ2) is 5.05. The molecule has 16 heavy (non-hydrogen) atoms. The molecular weight excluding hydrogens is 231 g/mol. The van der Waals surface area contributed by atoms with E-state index in [9.17, 15) is 12.8 Å². The number of hydrogen-bond donors (Lipinski definition) is 1. The molecule has 1 aromatic carbocycles. The van der Waals surface area contributed by atoms with Crippen molar-refractivity contribution in [1.29, 1.82) is 5.26 Å². The Labute approximate surface area is 93.8 Å². The highest BCUT2D eigenvalue weighted by molar-refractivity contribution is 7.90. The summed E-state index contributed by atoms with van der Waals surface area (Å²) in [4.78, 5) is 0. The van der Waals surface area contributed by atoms with E-state index < -0.39 is 21.1 Å². The standard InChI is InChI=1S/C10H11FN2O2S/c1-8(6-12)16(14,15)13-7-9-4-2-3-5-10(9)11/h2-5,8,13H,7H2,1H3. The summed E-state index contributed by atoms with van der Waals surface area (Å²) >= 11 is 0. The lowest BCUT2D eigenvalue weighted by Crippen LogP contribution is -2.31. The van der Waals surface area contributed by atoms with Crippen molar-refractivity contribution in [1.82, 2.24) is 4.72 Å². The fourth-order valence-corrected chi connectivity index (χ4v) is 1.76. The van der Waals surface area contributed by atoms with Crippen LogP contribution in [-0.2, 0) is 16.6 Å². The fraction of sp³-hybridized carbons (Fsp3) is 0.300. The molecular formula is C10H11FN2O2S. The topological polar surface area (TPSA) is 70.0 Å². The molecule has 0 bridgehead atoms. The minimum atomic E-state index is -3.70. The molecule has 86 valence electrons. The molecule has 0 saturated carbocycles. The highest BCUT2D eigenvalue weighted by Crippen LogP contribution is 2.07. The number of sulfonamides is 1. The Hall–Kier alpha value is -1.45. The molecule has 0 aliphatic rings. The number of nitrogens with one attached hydrogen (secondary N) is 1. The van der Waals surface area contributed by atoms with E-state index in [1.54, 1.807) is 12.1 Å². The molecule has 0 aliphatic heterocycles. The van der Waals surface area contributed by atoms with Crippen molar-refractivity contribution in [3.8, 4) is 6.07 Å². The molecule has 0 heterocycles. The normalized spacial score (nSPS) is 13.1. The zero-order valence-corrected chi connectivity index (χ0v) is 9.46. The smallest absolute Gasteiger partial charge is 0.211 e. The summed E-state index contributed by atoms with van der Waals surface area (Å²) in [6, 6.07) is 7.47. The van der Waals surface area contributed by atoms with E-state index in [1.807, 2.05) is 0 Å². The van der Waals surface area contributed by atoms with E-state index in [2.05, 4.69) is 4.72 Å². The van der Waals surface area contributed by atoms with Crippen molar-refractivity contribution in [2.45, 2.75) is 18.7 Å². The van der Waals surface area contributed by atoms with Gasteiger partial charge in [0.25, 0.3) is 0 Å². The third-order valence-electron chi connectivity index (χ3n) is 2.07. The van der Waals surface area contributed by atoms with Crippen molar-refractivity contribution in [3.05, 3.63) is 35.6 Å². The quantitative estimate of drug-likeness (QED) is 0.861. The highest BCUT2D eigenvalue weighted by atomic mass is 32.2. The van der Waals surface area contributed by atoms with Crippen LogP contribution in [0.5, 0.6) is 0 Å². The van der Waals surface area contributed by atoms with E-state index >= 15 is 0 Å². The Balaban J connectivity index is 2.74. The number of nitrogens with zero attached hydrogens (tertiary/aromatic N) is 1. The zero-order valence-electron chi connectivity index (χ0n) is 8.64. The third-order valence-corrected chi connectivity index (χ3v) is 3.65. The van der Waals surface area contributed by atoms with Gasteiger partial charge >= 0.3 is 0 Å². The maximum atomic E-state index is 13.1. The predicted molar refractivity (Wildman–Crippen MR) is 57.2 cm³/mol.